The van der Waals surface area contributed by atoms with Gasteiger partial charge in [0.15, 0.2) is 0 Å². The molecule has 5 heteroatoms. The highest BCUT2D eigenvalue weighted by Gasteiger charge is 2.04. The van der Waals surface area contributed by atoms with E-state index in [0.29, 0.717) is 24.7 Å². The van der Waals surface area contributed by atoms with Crippen LogP contribution in [0.1, 0.15) is 24.2 Å². The van der Waals surface area contributed by atoms with E-state index >= 15 is 0 Å². The first-order valence-corrected chi connectivity index (χ1v) is 5.20. The quantitative estimate of drug-likeness (QED) is 0.709. The molecule has 5 nitrogen and oxygen atoms in total. The van der Waals surface area contributed by atoms with Crippen molar-refractivity contribution in [2.24, 2.45) is 0 Å². The van der Waals surface area contributed by atoms with Gasteiger partial charge in [0.2, 0.25) is 0 Å². The van der Waals surface area contributed by atoms with Crippen LogP contribution in [0.4, 0.5) is 0 Å². The summed E-state index contributed by atoms with van der Waals surface area (Å²) in [6.07, 6.45) is 1.16. The minimum atomic E-state index is -0.460. The lowest BCUT2D eigenvalue weighted by Crippen LogP contribution is -2.34. The van der Waals surface area contributed by atoms with E-state index in [1.807, 2.05) is 13.8 Å². The molecule has 0 unspecified atom stereocenters. The molecular formula is C11H16N2O3. The van der Waals surface area contributed by atoms with Gasteiger partial charge in [0, 0.05) is 25.2 Å². The summed E-state index contributed by atoms with van der Waals surface area (Å²) in [6.45, 7) is 5.32. The van der Waals surface area contributed by atoms with Gasteiger partial charge in [-0.25, -0.2) is 4.79 Å². The van der Waals surface area contributed by atoms with Gasteiger partial charge < -0.3 is 15.1 Å². The molecule has 0 aliphatic carbocycles. The van der Waals surface area contributed by atoms with Gasteiger partial charge in [0.25, 0.3) is 5.91 Å². The van der Waals surface area contributed by atoms with Crippen LogP contribution >= 0.6 is 0 Å². The van der Waals surface area contributed by atoms with E-state index in [0.717, 1.165) is 6.26 Å². The van der Waals surface area contributed by atoms with Gasteiger partial charge >= 0.3 is 5.63 Å². The summed E-state index contributed by atoms with van der Waals surface area (Å²) in [5, 5.41) is 5.88. The molecule has 0 bridgehead atoms. The summed E-state index contributed by atoms with van der Waals surface area (Å²) < 4.78 is 4.59. The zero-order chi connectivity index (χ0) is 12.0. The zero-order valence-corrected chi connectivity index (χ0v) is 9.45. The second-order valence-electron chi connectivity index (χ2n) is 3.71. The number of nitrogens with one attached hydrogen (secondary N) is 2. The summed E-state index contributed by atoms with van der Waals surface area (Å²) in [5.74, 6) is -0.241. The van der Waals surface area contributed by atoms with Gasteiger partial charge in [-0.1, -0.05) is 13.8 Å². The van der Waals surface area contributed by atoms with Gasteiger partial charge in [-0.3, -0.25) is 4.79 Å². The molecule has 0 saturated heterocycles. The predicted molar refractivity (Wildman–Crippen MR) is 60.4 cm³/mol. The molecule has 0 aromatic carbocycles. The fraction of sp³-hybridized carbons (Fsp3) is 0.455. The van der Waals surface area contributed by atoms with Crippen molar-refractivity contribution in [1.29, 1.82) is 0 Å². The summed E-state index contributed by atoms with van der Waals surface area (Å²) in [5.41, 5.74) is -0.109. The van der Waals surface area contributed by atoms with Gasteiger partial charge in [-0.2, -0.15) is 0 Å². The maximum atomic E-state index is 11.5. The molecule has 0 aliphatic heterocycles. The number of amides is 1. The van der Waals surface area contributed by atoms with Crippen LogP contribution in [0, 0.1) is 0 Å². The smallest absolute Gasteiger partial charge is 0.335 e. The Morgan fingerprint density at radius 1 is 1.38 bits per heavy atom. The van der Waals surface area contributed by atoms with Crippen LogP contribution in [0.3, 0.4) is 0 Å². The lowest BCUT2D eigenvalue weighted by Gasteiger charge is -2.08. The van der Waals surface area contributed by atoms with E-state index in [-0.39, 0.29) is 5.91 Å². The van der Waals surface area contributed by atoms with Crippen LogP contribution in [-0.2, 0) is 0 Å². The number of carbonyl (C=O) groups excluding carboxylic acids is 1. The molecule has 0 saturated carbocycles. The van der Waals surface area contributed by atoms with E-state index in [1.54, 1.807) is 0 Å². The molecule has 88 valence electrons. The monoisotopic (exact) mass is 224 g/mol. The summed E-state index contributed by atoms with van der Waals surface area (Å²) in [7, 11) is 0. The Morgan fingerprint density at radius 2 is 2.12 bits per heavy atom. The van der Waals surface area contributed by atoms with Crippen LogP contribution in [0.15, 0.2) is 27.6 Å². The molecule has 1 aromatic heterocycles. The Bertz CT molecular complexity index is 378. The Kier molecular flexibility index (Phi) is 4.72. The molecule has 1 rings (SSSR count). The SMILES string of the molecule is CC(C)NCCNC(=O)c1ccc(=O)oc1. The second kappa shape index (κ2) is 6.07. The van der Waals surface area contributed by atoms with Crippen molar-refractivity contribution in [3.63, 3.8) is 0 Å². The maximum absolute atomic E-state index is 11.5. The van der Waals surface area contributed by atoms with E-state index < -0.39 is 5.63 Å². The molecule has 0 atom stereocenters. The highest BCUT2D eigenvalue weighted by molar-refractivity contribution is 5.93. The number of carbonyl (C=O) groups is 1. The molecule has 0 spiro atoms. The topological polar surface area (TPSA) is 71.3 Å². The van der Waals surface area contributed by atoms with Gasteiger partial charge in [-0.15, -0.1) is 0 Å². The highest BCUT2D eigenvalue weighted by atomic mass is 16.4. The van der Waals surface area contributed by atoms with Crippen LogP contribution in [0.5, 0.6) is 0 Å². The maximum Gasteiger partial charge on any atom is 0.335 e. The first-order valence-electron chi connectivity index (χ1n) is 5.20. The molecule has 0 fully saturated rings. The van der Waals surface area contributed by atoms with Crippen LogP contribution in [0.25, 0.3) is 0 Å². The number of hydrogen-bond donors (Lipinski definition) is 2. The third-order valence-electron chi connectivity index (χ3n) is 1.93. The van der Waals surface area contributed by atoms with E-state index in [4.69, 9.17) is 0 Å². The Balaban J connectivity index is 2.35. The van der Waals surface area contributed by atoms with Gasteiger partial charge in [0.05, 0.1) is 5.56 Å². The van der Waals surface area contributed by atoms with Crippen molar-refractivity contribution in [2.75, 3.05) is 13.1 Å². The van der Waals surface area contributed by atoms with E-state index in [2.05, 4.69) is 15.1 Å². The van der Waals surface area contributed by atoms with Crippen LogP contribution in [0.2, 0.25) is 0 Å². The molecule has 0 aliphatic rings. The molecule has 2 N–H and O–H groups in total. The fourth-order valence-corrected chi connectivity index (χ4v) is 1.13. The standard InChI is InChI=1S/C11H16N2O3/c1-8(2)12-5-6-13-11(15)9-3-4-10(14)16-7-9/h3-4,7-8,12H,5-6H2,1-2H3,(H,13,15). The Labute approximate surface area is 93.8 Å². The molecule has 1 amide bonds. The van der Waals surface area contributed by atoms with Gasteiger partial charge in [-0.05, 0) is 6.07 Å². The average molecular weight is 224 g/mol. The Morgan fingerprint density at radius 3 is 2.69 bits per heavy atom. The minimum absolute atomic E-state index is 0.241. The van der Waals surface area contributed by atoms with E-state index in [9.17, 15) is 9.59 Å². The van der Waals surface area contributed by atoms with Crippen molar-refractivity contribution in [3.05, 3.63) is 34.4 Å². The average Bonchev–Trinajstić information content (AvgIpc) is 2.25. The largest absolute Gasteiger partial charge is 0.430 e. The van der Waals surface area contributed by atoms with Crippen molar-refractivity contribution in [1.82, 2.24) is 10.6 Å². The fourth-order valence-electron chi connectivity index (χ4n) is 1.13. The molecule has 1 heterocycles. The third-order valence-corrected chi connectivity index (χ3v) is 1.93. The van der Waals surface area contributed by atoms with Crippen molar-refractivity contribution < 1.29 is 9.21 Å². The molecule has 16 heavy (non-hydrogen) atoms. The third kappa shape index (κ3) is 4.27. The Hall–Kier alpha value is -1.62. The molecule has 0 radical (unpaired) electrons. The number of rotatable bonds is 5. The normalized spacial score (nSPS) is 10.4. The number of hydrogen-bond acceptors (Lipinski definition) is 4. The zero-order valence-electron chi connectivity index (χ0n) is 9.45. The van der Waals surface area contributed by atoms with Gasteiger partial charge in [0.1, 0.15) is 6.26 Å². The van der Waals surface area contributed by atoms with Crippen molar-refractivity contribution in [2.45, 2.75) is 19.9 Å². The van der Waals surface area contributed by atoms with Crippen LogP contribution < -0.4 is 16.3 Å². The minimum Gasteiger partial charge on any atom is -0.430 e. The highest BCUT2D eigenvalue weighted by Crippen LogP contribution is 1.93. The second-order valence-corrected chi connectivity index (χ2v) is 3.71. The first kappa shape index (κ1) is 12.4. The molecule has 1 aromatic rings. The predicted octanol–water partition coefficient (Wildman–Crippen LogP) is 0.368. The summed E-state index contributed by atoms with van der Waals surface area (Å²) >= 11 is 0. The lowest BCUT2D eigenvalue weighted by molar-refractivity contribution is 0.0951. The summed E-state index contributed by atoms with van der Waals surface area (Å²) in [6, 6.07) is 3.06. The first-order chi connectivity index (χ1) is 7.59. The summed E-state index contributed by atoms with van der Waals surface area (Å²) in [4.78, 5) is 22.2. The van der Waals surface area contributed by atoms with E-state index in [1.165, 1.54) is 12.1 Å². The van der Waals surface area contributed by atoms with Crippen LogP contribution in [-0.4, -0.2) is 25.0 Å². The molecular weight excluding hydrogens is 208 g/mol. The van der Waals surface area contributed by atoms with Crippen molar-refractivity contribution in [3.8, 4) is 0 Å². The lowest BCUT2D eigenvalue weighted by atomic mass is 10.3. The van der Waals surface area contributed by atoms with Crippen molar-refractivity contribution >= 4 is 5.91 Å².